The Morgan fingerprint density at radius 2 is 1.82 bits per heavy atom. The molecule has 0 saturated carbocycles. The molecule has 0 aromatic heterocycles. The third-order valence-corrected chi connectivity index (χ3v) is 5.72. The van der Waals surface area contributed by atoms with E-state index in [0.29, 0.717) is 42.7 Å². The monoisotopic (exact) mass is 423 g/mol. The minimum atomic E-state index is -4.45. The first-order valence-electron chi connectivity index (χ1n) is 8.94. The van der Waals surface area contributed by atoms with E-state index in [4.69, 9.17) is 21.3 Å². The Bertz CT molecular complexity index is 1020. The molecule has 1 fully saturated rings. The predicted octanol–water partition coefficient (Wildman–Crippen LogP) is 3.44. The van der Waals surface area contributed by atoms with E-state index in [0.717, 1.165) is 17.1 Å². The van der Waals surface area contributed by atoms with E-state index in [1.165, 1.54) is 0 Å². The van der Waals surface area contributed by atoms with Gasteiger partial charge in [-0.25, -0.2) is 4.99 Å². The molecule has 2 aliphatic heterocycles. The Balaban J connectivity index is 1.60. The molecule has 0 unspecified atom stereocenters. The summed E-state index contributed by atoms with van der Waals surface area (Å²) in [6.07, 6.45) is 0. The van der Waals surface area contributed by atoms with Crippen LogP contribution in [-0.4, -0.2) is 62.5 Å². The summed E-state index contributed by atoms with van der Waals surface area (Å²) in [5.74, 6) is 1.64. The van der Waals surface area contributed by atoms with Crippen molar-refractivity contribution in [2.24, 2.45) is 4.99 Å². The van der Waals surface area contributed by atoms with Crippen LogP contribution in [0.4, 0.5) is 9.57 Å². The molecule has 0 radical (unpaired) electrons. The largest absolute Gasteiger partial charge is 0.454 e. The number of rotatable bonds is 3. The molecule has 2 heterocycles. The van der Waals surface area contributed by atoms with Gasteiger partial charge in [-0.3, -0.25) is 4.90 Å². The minimum Gasteiger partial charge on any atom is -0.454 e. The van der Waals surface area contributed by atoms with Gasteiger partial charge in [-0.05, 0) is 30.3 Å². The zero-order valence-corrected chi connectivity index (χ0v) is 16.6. The van der Waals surface area contributed by atoms with Crippen LogP contribution in [0.5, 0.6) is 11.5 Å². The molecule has 0 atom stereocenters. The fourth-order valence-electron chi connectivity index (χ4n) is 3.36. The highest BCUT2D eigenvalue weighted by Gasteiger charge is 2.26. The number of aliphatic imine (C=N–C) groups is 1. The van der Waals surface area contributed by atoms with Gasteiger partial charge in [0.05, 0.1) is 11.3 Å². The van der Waals surface area contributed by atoms with Crippen LogP contribution in [-0.2, 0) is 10.2 Å². The van der Waals surface area contributed by atoms with Gasteiger partial charge in [0.2, 0.25) is 0 Å². The molecular formula is C19H19ClFN3O3S. The third kappa shape index (κ3) is 4.29. The van der Waals surface area contributed by atoms with Gasteiger partial charge in [-0.15, -0.1) is 3.89 Å². The van der Waals surface area contributed by atoms with Crippen LogP contribution in [0.2, 0.25) is 5.02 Å². The highest BCUT2D eigenvalue weighted by atomic mass is 35.5. The second kappa shape index (κ2) is 7.69. The van der Waals surface area contributed by atoms with Crippen molar-refractivity contribution < 1.29 is 17.0 Å². The summed E-state index contributed by atoms with van der Waals surface area (Å²) >= 11 is 6.22. The molecule has 4 rings (SSSR count). The first kappa shape index (κ1) is 19.2. The van der Waals surface area contributed by atoms with Crippen LogP contribution < -0.4 is 4.74 Å². The fraction of sp³-hybridized carbons (Fsp3) is 0.316. The van der Waals surface area contributed by atoms with Gasteiger partial charge in [0.15, 0.2) is 5.75 Å². The van der Waals surface area contributed by atoms with E-state index in [9.17, 15) is 12.3 Å². The Labute approximate surface area is 168 Å². The summed E-state index contributed by atoms with van der Waals surface area (Å²) in [6.45, 7) is 2.70. The van der Waals surface area contributed by atoms with E-state index >= 15 is 0 Å². The quantitative estimate of drug-likeness (QED) is 0.708. The smallest absolute Gasteiger partial charge is 0.303 e. The van der Waals surface area contributed by atoms with E-state index in [1.54, 1.807) is 6.07 Å². The minimum absolute atomic E-state index is 0.188. The number of para-hydroxylation sites is 2. The van der Waals surface area contributed by atoms with Gasteiger partial charge in [0.25, 0.3) is 0 Å². The number of hydrogen-bond acceptors (Lipinski definition) is 6. The average molecular weight is 424 g/mol. The van der Waals surface area contributed by atoms with Crippen molar-refractivity contribution in [1.29, 1.82) is 0 Å². The van der Waals surface area contributed by atoms with Crippen LogP contribution >= 0.6 is 11.6 Å². The molecular weight excluding hydrogens is 405 g/mol. The van der Waals surface area contributed by atoms with Gasteiger partial charge >= 0.3 is 10.2 Å². The first-order chi connectivity index (χ1) is 13.4. The highest BCUT2D eigenvalue weighted by molar-refractivity contribution is 7.86. The van der Waals surface area contributed by atoms with Crippen molar-refractivity contribution in [2.45, 2.75) is 0 Å². The fourth-order valence-corrected chi connectivity index (χ4v) is 4.01. The van der Waals surface area contributed by atoms with Crippen molar-refractivity contribution >= 4 is 33.3 Å². The van der Waals surface area contributed by atoms with Gasteiger partial charge < -0.3 is 9.64 Å². The van der Waals surface area contributed by atoms with Gasteiger partial charge in [-0.1, -0.05) is 23.7 Å². The number of benzene rings is 2. The third-order valence-electron chi connectivity index (χ3n) is 4.82. The zero-order valence-electron chi connectivity index (χ0n) is 15.0. The lowest BCUT2D eigenvalue weighted by Crippen LogP contribution is -2.49. The number of amidine groups is 1. The summed E-state index contributed by atoms with van der Waals surface area (Å²) in [4.78, 5) is 8.90. The summed E-state index contributed by atoms with van der Waals surface area (Å²) in [7, 11) is -4.45. The molecule has 0 N–H and O–H groups in total. The molecule has 1 saturated heterocycles. The van der Waals surface area contributed by atoms with Crippen LogP contribution in [0.1, 0.15) is 5.56 Å². The van der Waals surface area contributed by atoms with E-state index in [1.807, 2.05) is 41.3 Å². The standard InChI is InChI=1S/C19H19ClFN3O3S/c20-14-5-6-17-15(13-14)19(22-16-3-1-2-4-18(16)27-17)24-9-7-23(8-10-24)11-12-28(21,25)26/h1-6,13H,7-12H2. The predicted molar refractivity (Wildman–Crippen MR) is 107 cm³/mol. The Morgan fingerprint density at radius 3 is 2.57 bits per heavy atom. The van der Waals surface area contributed by atoms with Crippen molar-refractivity contribution in [3.8, 4) is 11.5 Å². The molecule has 2 aliphatic rings. The maximum Gasteiger partial charge on any atom is 0.303 e. The lowest BCUT2D eigenvalue weighted by molar-refractivity contribution is 0.190. The number of ether oxygens (including phenoxy) is 1. The molecule has 0 spiro atoms. The lowest BCUT2D eigenvalue weighted by Gasteiger charge is -2.36. The number of nitrogens with zero attached hydrogens (tertiary/aromatic N) is 3. The molecule has 0 bridgehead atoms. The topological polar surface area (TPSA) is 62.2 Å². The Kier molecular flexibility index (Phi) is 5.27. The Hall–Kier alpha value is -2.16. The van der Waals surface area contributed by atoms with Crippen molar-refractivity contribution in [1.82, 2.24) is 9.80 Å². The second-order valence-electron chi connectivity index (χ2n) is 6.72. The van der Waals surface area contributed by atoms with Crippen LogP contribution in [0, 0.1) is 0 Å². The van der Waals surface area contributed by atoms with E-state index < -0.39 is 16.0 Å². The molecule has 28 heavy (non-hydrogen) atoms. The number of hydrogen-bond donors (Lipinski definition) is 0. The molecule has 2 aromatic carbocycles. The number of piperazine rings is 1. The molecule has 2 aromatic rings. The first-order valence-corrected chi connectivity index (χ1v) is 10.9. The van der Waals surface area contributed by atoms with Crippen molar-refractivity contribution in [3.05, 3.63) is 53.1 Å². The van der Waals surface area contributed by atoms with Crippen LogP contribution in [0.3, 0.4) is 0 Å². The van der Waals surface area contributed by atoms with Crippen LogP contribution in [0.15, 0.2) is 47.5 Å². The normalized spacial score (nSPS) is 17.2. The van der Waals surface area contributed by atoms with Gasteiger partial charge in [0, 0.05) is 37.7 Å². The lowest BCUT2D eigenvalue weighted by atomic mass is 10.1. The Morgan fingerprint density at radius 1 is 1.07 bits per heavy atom. The van der Waals surface area contributed by atoms with Gasteiger partial charge in [0.1, 0.15) is 17.3 Å². The average Bonchev–Trinajstić information content (AvgIpc) is 2.83. The molecule has 9 heteroatoms. The number of fused-ring (bicyclic) bond motifs is 2. The summed E-state index contributed by atoms with van der Waals surface area (Å²) < 4.78 is 40.4. The maximum absolute atomic E-state index is 12.8. The molecule has 0 aliphatic carbocycles. The second-order valence-corrected chi connectivity index (χ2v) is 8.64. The van der Waals surface area contributed by atoms with Crippen LogP contribution in [0.25, 0.3) is 0 Å². The van der Waals surface area contributed by atoms with E-state index in [2.05, 4.69) is 4.90 Å². The maximum atomic E-state index is 12.8. The van der Waals surface area contributed by atoms with Crippen molar-refractivity contribution in [2.75, 3.05) is 38.5 Å². The van der Waals surface area contributed by atoms with Gasteiger partial charge in [-0.2, -0.15) is 8.42 Å². The zero-order chi connectivity index (χ0) is 19.7. The SMILES string of the molecule is O=S(=O)(F)CCN1CCN(C2=Nc3ccccc3Oc3ccc(Cl)cc32)CC1. The molecule has 0 amide bonds. The van der Waals surface area contributed by atoms with Crippen molar-refractivity contribution in [3.63, 3.8) is 0 Å². The highest BCUT2D eigenvalue weighted by Crippen LogP contribution is 2.38. The number of halogens is 2. The summed E-state index contributed by atoms with van der Waals surface area (Å²) in [6, 6.07) is 13.0. The molecule has 148 valence electrons. The van der Waals surface area contributed by atoms with E-state index in [-0.39, 0.29) is 6.54 Å². The molecule has 6 nitrogen and oxygen atoms in total. The summed E-state index contributed by atoms with van der Waals surface area (Å²) in [5.41, 5.74) is 1.54. The summed E-state index contributed by atoms with van der Waals surface area (Å²) in [5, 5.41) is 0.591.